The van der Waals surface area contributed by atoms with E-state index in [1.165, 1.54) is 38.5 Å². The van der Waals surface area contributed by atoms with Crippen molar-refractivity contribution in [1.82, 2.24) is 0 Å². The molecular formula is C10H14B. The van der Waals surface area contributed by atoms with Gasteiger partial charge in [-0.3, -0.25) is 0 Å². The minimum absolute atomic E-state index is 1.29. The van der Waals surface area contributed by atoms with Crippen molar-refractivity contribution in [1.29, 1.82) is 0 Å². The van der Waals surface area contributed by atoms with Gasteiger partial charge in [0.2, 0.25) is 0 Å². The molecule has 0 saturated heterocycles. The molecule has 57 valence electrons. The first-order chi connectivity index (χ1) is 5.45. The van der Waals surface area contributed by atoms with Gasteiger partial charge in [0, 0.05) is 0 Å². The fourth-order valence-corrected chi connectivity index (χ4v) is 1.89. The second-order valence-electron chi connectivity index (χ2n) is 3.49. The number of rotatable bonds is 0. The molecule has 2 rings (SSSR count). The second kappa shape index (κ2) is 3.29. The molecule has 0 amide bonds. The molecule has 0 saturated carbocycles. The van der Waals surface area contributed by atoms with Crippen LogP contribution in [0.5, 0.6) is 0 Å². The second-order valence-corrected chi connectivity index (χ2v) is 3.49. The SMILES string of the molecule is [B]1C2=CCCCC1=CCCC2. The maximum Gasteiger partial charge on any atom is 0.179 e. The van der Waals surface area contributed by atoms with E-state index < -0.39 is 0 Å². The maximum atomic E-state index is 2.42. The van der Waals surface area contributed by atoms with Gasteiger partial charge < -0.3 is 0 Å². The van der Waals surface area contributed by atoms with Crippen molar-refractivity contribution in [2.45, 2.75) is 38.5 Å². The van der Waals surface area contributed by atoms with Crippen LogP contribution < -0.4 is 0 Å². The largest absolute Gasteiger partial charge is 0.179 e. The lowest BCUT2D eigenvalue weighted by Gasteiger charge is -1.99. The molecule has 0 fully saturated rings. The predicted octanol–water partition coefficient (Wildman–Crippen LogP) is 2.83. The Balaban J connectivity index is 2.18. The third-order valence-electron chi connectivity index (χ3n) is 2.52. The molecule has 2 aliphatic rings. The van der Waals surface area contributed by atoms with E-state index in [2.05, 4.69) is 19.4 Å². The lowest BCUT2D eigenvalue weighted by molar-refractivity contribution is 0.816. The molecule has 0 spiro atoms. The van der Waals surface area contributed by atoms with Gasteiger partial charge in [-0.15, -0.1) is 10.9 Å². The fraction of sp³-hybridized carbons (Fsp3) is 0.600. The maximum absolute atomic E-state index is 2.42. The summed E-state index contributed by atoms with van der Waals surface area (Å²) in [6.45, 7) is 0. The highest BCUT2D eigenvalue weighted by molar-refractivity contribution is 6.54. The van der Waals surface area contributed by atoms with E-state index in [1.54, 1.807) is 10.9 Å². The molecule has 0 N–H and O–H groups in total. The Morgan fingerprint density at radius 3 is 2.00 bits per heavy atom. The summed E-state index contributed by atoms with van der Waals surface area (Å²) in [4.78, 5) is 0. The molecule has 1 radical (unpaired) electrons. The van der Waals surface area contributed by atoms with Crippen LogP contribution in [0.3, 0.4) is 0 Å². The Labute approximate surface area is 69.6 Å². The lowest BCUT2D eigenvalue weighted by Crippen LogP contribution is -1.96. The monoisotopic (exact) mass is 145 g/mol. The highest BCUT2D eigenvalue weighted by Crippen LogP contribution is 2.23. The number of hydrogen-bond donors (Lipinski definition) is 0. The molecule has 0 unspecified atom stereocenters. The first-order valence-corrected chi connectivity index (χ1v) is 4.68. The average Bonchev–Trinajstić information content (AvgIpc) is 2.36. The van der Waals surface area contributed by atoms with Crippen LogP contribution in [-0.2, 0) is 0 Å². The molecule has 0 nitrogen and oxygen atoms in total. The van der Waals surface area contributed by atoms with Crippen molar-refractivity contribution in [3.63, 3.8) is 0 Å². The zero-order valence-electron chi connectivity index (χ0n) is 6.97. The highest BCUT2D eigenvalue weighted by Gasteiger charge is 2.10. The normalized spacial score (nSPS) is 24.0. The van der Waals surface area contributed by atoms with Crippen LogP contribution in [0, 0.1) is 0 Å². The van der Waals surface area contributed by atoms with Crippen molar-refractivity contribution in [3.05, 3.63) is 23.1 Å². The number of fused-ring (bicyclic) bond motifs is 2. The minimum Gasteiger partial charge on any atom is -0.107 e. The molecule has 11 heavy (non-hydrogen) atoms. The summed E-state index contributed by atoms with van der Waals surface area (Å²) in [5.74, 6) is 0. The first-order valence-electron chi connectivity index (χ1n) is 4.68. The van der Waals surface area contributed by atoms with Crippen molar-refractivity contribution in [3.8, 4) is 0 Å². The third kappa shape index (κ3) is 1.77. The molecule has 0 aliphatic carbocycles. The quantitative estimate of drug-likeness (QED) is 0.459. The predicted molar refractivity (Wildman–Crippen MR) is 49.6 cm³/mol. The van der Waals surface area contributed by atoms with Gasteiger partial charge >= 0.3 is 0 Å². The van der Waals surface area contributed by atoms with Crippen LogP contribution >= 0.6 is 0 Å². The zero-order chi connectivity index (χ0) is 7.52. The van der Waals surface area contributed by atoms with E-state index in [0.717, 1.165) is 0 Å². The third-order valence-corrected chi connectivity index (χ3v) is 2.52. The van der Waals surface area contributed by atoms with E-state index in [0.29, 0.717) is 0 Å². The smallest absolute Gasteiger partial charge is 0.107 e. The Bertz CT molecular complexity index is 179. The van der Waals surface area contributed by atoms with Crippen LogP contribution in [0.25, 0.3) is 0 Å². The van der Waals surface area contributed by atoms with Crippen LogP contribution in [0.4, 0.5) is 0 Å². The average molecular weight is 145 g/mol. The van der Waals surface area contributed by atoms with Crippen molar-refractivity contribution in [2.75, 3.05) is 0 Å². The summed E-state index contributed by atoms with van der Waals surface area (Å²) in [6, 6.07) is 0. The summed E-state index contributed by atoms with van der Waals surface area (Å²) in [7, 11) is 2.40. The van der Waals surface area contributed by atoms with Gasteiger partial charge in [0.15, 0.2) is 7.28 Å². The van der Waals surface area contributed by atoms with Gasteiger partial charge in [-0.25, -0.2) is 0 Å². The summed E-state index contributed by atoms with van der Waals surface area (Å²) >= 11 is 0. The Morgan fingerprint density at radius 1 is 0.909 bits per heavy atom. The zero-order valence-corrected chi connectivity index (χ0v) is 6.97. The number of allylic oxidation sites excluding steroid dienone is 4. The summed E-state index contributed by atoms with van der Waals surface area (Å²) in [5, 5.41) is 0. The molecule has 0 atom stereocenters. The van der Waals surface area contributed by atoms with Crippen molar-refractivity contribution in [2.24, 2.45) is 0 Å². The molecular weight excluding hydrogens is 131 g/mol. The van der Waals surface area contributed by atoms with Gasteiger partial charge in [0.05, 0.1) is 0 Å². The highest BCUT2D eigenvalue weighted by atomic mass is 14.0. The van der Waals surface area contributed by atoms with Gasteiger partial charge in [-0.05, 0) is 38.5 Å². The molecule has 0 aromatic heterocycles. The Kier molecular flexibility index (Phi) is 2.16. The fourth-order valence-electron chi connectivity index (χ4n) is 1.89. The van der Waals surface area contributed by atoms with Gasteiger partial charge in [0.25, 0.3) is 0 Å². The van der Waals surface area contributed by atoms with Gasteiger partial charge in [0.1, 0.15) is 0 Å². The van der Waals surface area contributed by atoms with Crippen molar-refractivity contribution < 1.29 is 0 Å². The summed E-state index contributed by atoms with van der Waals surface area (Å²) in [6.07, 6.45) is 12.8. The van der Waals surface area contributed by atoms with Crippen LogP contribution in [0.15, 0.2) is 23.1 Å². The summed E-state index contributed by atoms with van der Waals surface area (Å²) in [5.41, 5.74) is 3.18. The van der Waals surface area contributed by atoms with Crippen molar-refractivity contribution >= 4 is 7.28 Å². The molecule has 1 heteroatoms. The van der Waals surface area contributed by atoms with Crippen LogP contribution in [0.1, 0.15) is 38.5 Å². The molecule has 0 aromatic carbocycles. The van der Waals surface area contributed by atoms with E-state index in [4.69, 9.17) is 0 Å². The van der Waals surface area contributed by atoms with E-state index in [9.17, 15) is 0 Å². The van der Waals surface area contributed by atoms with E-state index >= 15 is 0 Å². The van der Waals surface area contributed by atoms with Crippen LogP contribution in [-0.4, -0.2) is 7.28 Å². The number of hydrogen-bond acceptors (Lipinski definition) is 0. The lowest BCUT2D eigenvalue weighted by atomic mass is 9.62. The minimum atomic E-state index is 1.29. The van der Waals surface area contributed by atoms with Gasteiger partial charge in [-0.2, -0.15) is 0 Å². The molecule has 0 aromatic rings. The van der Waals surface area contributed by atoms with Gasteiger partial charge in [-0.1, -0.05) is 12.2 Å². The summed E-state index contributed by atoms with van der Waals surface area (Å²) < 4.78 is 0. The molecule has 2 aliphatic heterocycles. The van der Waals surface area contributed by atoms with Crippen LogP contribution in [0.2, 0.25) is 0 Å². The molecule has 2 bridgehead atoms. The Hall–Kier alpha value is -0.455. The molecule has 2 heterocycles. The first kappa shape index (κ1) is 7.21. The van der Waals surface area contributed by atoms with E-state index in [-0.39, 0.29) is 0 Å². The Morgan fingerprint density at radius 2 is 1.45 bits per heavy atom. The van der Waals surface area contributed by atoms with E-state index in [1.807, 2.05) is 0 Å². The topological polar surface area (TPSA) is 0 Å². The standard InChI is InChI=1S/C10H14B/c1-2-6-10-8-4-3-7-9(5-1)11-10/h5,8H,1-4,6-7H2.